The first-order chi connectivity index (χ1) is 8.45. The molecule has 1 unspecified atom stereocenters. The van der Waals surface area contributed by atoms with Gasteiger partial charge in [-0.25, -0.2) is 0 Å². The Morgan fingerprint density at radius 1 is 1.44 bits per heavy atom. The molecule has 1 atom stereocenters. The van der Waals surface area contributed by atoms with E-state index >= 15 is 0 Å². The summed E-state index contributed by atoms with van der Waals surface area (Å²) in [5.74, 6) is 0.0719. The van der Waals surface area contributed by atoms with E-state index in [9.17, 15) is 4.79 Å². The summed E-state index contributed by atoms with van der Waals surface area (Å²) in [5, 5.41) is 8.33. The molecule has 1 rings (SSSR count). The second kappa shape index (κ2) is 6.90. The molecule has 0 saturated heterocycles. The topological polar surface area (TPSA) is 41.1 Å². The summed E-state index contributed by atoms with van der Waals surface area (Å²) in [7, 11) is 0. The lowest BCUT2D eigenvalue weighted by atomic mass is 9.86. The van der Waals surface area contributed by atoms with Crippen LogP contribution in [0.1, 0.15) is 45.0 Å². The Labute approximate surface area is 114 Å². The van der Waals surface area contributed by atoms with E-state index in [1.807, 2.05) is 0 Å². The average molecular weight is 268 g/mol. The molecular weight excluding hydrogens is 244 g/mol. The lowest BCUT2D eigenvalue weighted by Gasteiger charge is -2.30. The van der Waals surface area contributed by atoms with Crippen LogP contribution in [0.3, 0.4) is 0 Å². The van der Waals surface area contributed by atoms with Gasteiger partial charge in [0, 0.05) is 17.5 Å². The molecule has 0 radical (unpaired) electrons. The number of nitrogens with one attached hydrogen (secondary N) is 2. The molecule has 1 heterocycles. The van der Waals surface area contributed by atoms with Crippen molar-refractivity contribution < 1.29 is 4.79 Å². The minimum atomic E-state index is 0.0719. The highest BCUT2D eigenvalue weighted by Gasteiger charge is 2.27. The Hall–Kier alpha value is -0.870. The van der Waals surface area contributed by atoms with Gasteiger partial charge in [0.25, 0.3) is 0 Å². The molecule has 4 heteroatoms. The molecule has 18 heavy (non-hydrogen) atoms. The Morgan fingerprint density at radius 2 is 2.17 bits per heavy atom. The van der Waals surface area contributed by atoms with Gasteiger partial charge in [0.15, 0.2) is 0 Å². The number of hydrogen-bond acceptors (Lipinski definition) is 3. The van der Waals surface area contributed by atoms with Gasteiger partial charge >= 0.3 is 0 Å². The maximum Gasteiger partial charge on any atom is 0.233 e. The third-order valence-corrected chi connectivity index (χ3v) is 3.67. The summed E-state index contributed by atoms with van der Waals surface area (Å²) in [6.07, 6.45) is 0.972. The molecule has 1 amide bonds. The molecule has 0 aliphatic carbocycles. The van der Waals surface area contributed by atoms with Crippen molar-refractivity contribution in [2.75, 3.05) is 13.1 Å². The first-order valence-corrected chi connectivity index (χ1v) is 7.36. The number of rotatable bonds is 6. The summed E-state index contributed by atoms with van der Waals surface area (Å²) in [6, 6.07) is 4.39. The fourth-order valence-corrected chi connectivity index (χ4v) is 2.86. The molecule has 0 aliphatic rings. The van der Waals surface area contributed by atoms with Gasteiger partial charge in [0.05, 0.1) is 6.54 Å². The molecule has 0 saturated carbocycles. The second-order valence-electron chi connectivity index (χ2n) is 5.55. The third-order valence-electron chi connectivity index (χ3n) is 2.73. The van der Waals surface area contributed by atoms with Crippen LogP contribution in [-0.2, 0) is 4.79 Å². The molecule has 3 nitrogen and oxygen atoms in total. The van der Waals surface area contributed by atoms with Crippen LogP contribution in [0.5, 0.6) is 0 Å². The Kier molecular flexibility index (Phi) is 5.82. The number of amides is 1. The number of carbonyl (C=O) groups is 1. The van der Waals surface area contributed by atoms with Crippen LogP contribution in [0.4, 0.5) is 0 Å². The second-order valence-corrected chi connectivity index (χ2v) is 6.52. The number of thiophene rings is 1. The van der Waals surface area contributed by atoms with E-state index in [-0.39, 0.29) is 17.4 Å². The molecule has 0 bridgehead atoms. The summed E-state index contributed by atoms with van der Waals surface area (Å²) in [5.41, 5.74) is 0.0931. The predicted molar refractivity (Wildman–Crippen MR) is 77.8 cm³/mol. The van der Waals surface area contributed by atoms with Gasteiger partial charge < -0.3 is 10.6 Å². The maximum atomic E-state index is 11.6. The lowest BCUT2D eigenvalue weighted by molar-refractivity contribution is -0.120. The molecule has 2 N–H and O–H groups in total. The third kappa shape index (κ3) is 4.78. The molecular formula is C14H24N2OS. The van der Waals surface area contributed by atoms with Gasteiger partial charge in [-0.3, -0.25) is 4.79 Å². The van der Waals surface area contributed by atoms with Crippen molar-refractivity contribution in [2.45, 2.75) is 40.2 Å². The monoisotopic (exact) mass is 268 g/mol. The Morgan fingerprint density at radius 3 is 2.67 bits per heavy atom. The van der Waals surface area contributed by atoms with Crippen LogP contribution in [0.25, 0.3) is 0 Å². The standard InChI is InChI=1S/C14H24N2OS/c1-5-8-15-12(17)10-16-13(14(2,3)4)11-7-6-9-18-11/h6-7,9,13,16H,5,8,10H2,1-4H3,(H,15,17). The van der Waals surface area contributed by atoms with Crippen molar-refractivity contribution in [1.29, 1.82) is 0 Å². The van der Waals surface area contributed by atoms with Crippen LogP contribution in [-0.4, -0.2) is 19.0 Å². The lowest BCUT2D eigenvalue weighted by Crippen LogP contribution is -2.39. The Bertz CT molecular complexity index is 354. The Balaban J connectivity index is 2.56. The zero-order valence-electron chi connectivity index (χ0n) is 11.7. The van der Waals surface area contributed by atoms with E-state index < -0.39 is 0 Å². The SMILES string of the molecule is CCCNC(=O)CNC(c1cccs1)C(C)(C)C. The van der Waals surface area contributed by atoms with Crippen LogP contribution in [0.2, 0.25) is 0 Å². The van der Waals surface area contributed by atoms with E-state index in [4.69, 9.17) is 0 Å². The van der Waals surface area contributed by atoms with Crippen molar-refractivity contribution in [2.24, 2.45) is 5.41 Å². The molecule has 102 valence electrons. The predicted octanol–water partition coefficient (Wildman–Crippen LogP) is 2.95. The van der Waals surface area contributed by atoms with Gasteiger partial charge in [-0.15, -0.1) is 11.3 Å². The zero-order valence-corrected chi connectivity index (χ0v) is 12.6. The zero-order chi connectivity index (χ0) is 13.6. The van der Waals surface area contributed by atoms with Crippen LogP contribution >= 0.6 is 11.3 Å². The van der Waals surface area contributed by atoms with Crippen molar-refractivity contribution in [3.8, 4) is 0 Å². The van der Waals surface area contributed by atoms with Crippen molar-refractivity contribution in [3.63, 3.8) is 0 Å². The van der Waals surface area contributed by atoms with Crippen LogP contribution < -0.4 is 10.6 Å². The molecule has 0 aliphatic heterocycles. The quantitative estimate of drug-likeness (QED) is 0.833. The van der Waals surface area contributed by atoms with E-state index in [1.165, 1.54) is 4.88 Å². The maximum absolute atomic E-state index is 11.6. The fourth-order valence-electron chi connectivity index (χ4n) is 1.81. The molecule has 0 aromatic carbocycles. The van der Waals surface area contributed by atoms with Gasteiger partial charge in [-0.1, -0.05) is 33.8 Å². The normalized spacial score (nSPS) is 13.3. The van der Waals surface area contributed by atoms with Gasteiger partial charge in [0.2, 0.25) is 5.91 Å². The highest BCUT2D eigenvalue weighted by atomic mass is 32.1. The first-order valence-electron chi connectivity index (χ1n) is 6.48. The molecule has 0 spiro atoms. The average Bonchev–Trinajstić information content (AvgIpc) is 2.78. The van der Waals surface area contributed by atoms with Crippen molar-refractivity contribution >= 4 is 17.2 Å². The largest absolute Gasteiger partial charge is 0.355 e. The minimum absolute atomic E-state index is 0.0719. The van der Waals surface area contributed by atoms with Gasteiger partial charge in [-0.2, -0.15) is 0 Å². The van der Waals surface area contributed by atoms with Crippen molar-refractivity contribution in [3.05, 3.63) is 22.4 Å². The molecule has 1 aromatic rings. The highest BCUT2D eigenvalue weighted by Crippen LogP contribution is 2.34. The minimum Gasteiger partial charge on any atom is -0.355 e. The molecule has 0 fully saturated rings. The van der Waals surface area contributed by atoms with Gasteiger partial charge in [-0.05, 0) is 23.3 Å². The highest BCUT2D eigenvalue weighted by molar-refractivity contribution is 7.10. The van der Waals surface area contributed by atoms with E-state index in [0.29, 0.717) is 6.54 Å². The van der Waals surface area contributed by atoms with Crippen LogP contribution in [0, 0.1) is 5.41 Å². The first kappa shape index (κ1) is 15.2. The summed E-state index contributed by atoms with van der Waals surface area (Å²) >= 11 is 1.73. The summed E-state index contributed by atoms with van der Waals surface area (Å²) < 4.78 is 0. The van der Waals surface area contributed by atoms with Gasteiger partial charge in [0.1, 0.15) is 0 Å². The summed E-state index contributed by atoms with van der Waals surface area (Å²) in [4.78, 5) is 12.9. The molecule has 1 aromatic heterocycles. The van der Waals surface area contributed by atoms with Crippen molar-refractivity contribution in [1.82, 2.24) is 10.6 Å². The van der Waals surface area contributed by atoms with E-state index in [1.54, 1.807) is 11.3 Å². The van der Waals surface area contributed by atoms with Crippen LogP contribution in [0.15, 0.2) is 17.5 Å². The smallest absolute Gasteiger partial charge is 0.233 e. The van der Waals surface area contributed by atoms with E-state index in [0.717, 1.165) is 13.0 Å². The number of carbonyl (C=O) groups excluding carboxylic acids is 1. The van der Waals surface area contributed by atoms with E-state index in [2.05, 4.69) is 55.8 Å². The summed E-state index contributed by atoms with van der Waals surface area (Å²) in [6.45, 7) is 9.74. The fraction of sp³-hybridized carbons (Fsp3) is 0.643. The number of hydrogen-bond donors (Lipinski definition) is 2.